The van der Waals surface area contributed by atoms with Gasteiger partial charge < -0.3 is 15.0 Å². The van der Waals surface area contributed by atoms with Crippen LogP contribution in [0.2, 0.25) is 0 Å². The molecule has 0 radical (unpaired) electrons. The van der Waals surface area contributed by atoms with Gasteiger partial charge in [0.2, 0.25) is 5.91 Å². The van der Waals surface area contributed by atoms with Gasteiger partial charge >= 0.3 is 0 Å². The number of hydrogen-bond donors (Lipinski definition) is 1. The summed E-state index contributed by atoms with van der Waals surface area (Å²) in [7, 11) is 0. The molecule has 2 aromatic rings. The number of Topliss-reactive ketones (excluding diaryl/α,β-unsaturated/α-hetero) is 1. The number of ketones is 1. The van der Waals surface area contributed by atoms with Crippen LogP contribution in [0.3, 0.4) is 0 Å². The molecule has 10 heteroatoms. The second kappa shape index (κ2) is 9.12. The number of rotatable bonds is 5. The third-order valence-electron chi connectivity index (χ3n) is 6.70. The van der Waals surface area contributed by atoms with E-state index in [-0.39, 0.29) is 36.7 Å². The zero-order chi connectivity index (χ0) is 23.1. The van der Waals surface area contributed by atoms with Gasteiger partial charge in [0.05, 0.1) is 21.3 Å². The highest BCUT2D eigenvalue weighted by Crippen LogP contribution is 2.35. The highest BCUT2D eigenvalue weighted by molar-refractivity contribution is 7.17. The van der Waals surface area contributed by atoms with Gasteiger partial charge in [-0.1, -0.05) is 12.8 Å². The first-order valence-corrected chi connectivity index (χ1v) is 12.5. The zero-order valence-electron chi connectivity index (χ0n) is 18.2. The van der Waals surface area contributed by atoms with Gasteiger partial charge in [0.15, 0.2) is 5.78 Å². The number of alkyl halides is 1. The average molecular weight is 489 g/mol. The van der Waals surface area contributed by atoms with Crippen LogP contribution in [0.4, 0.5) is 0 Å². The molecule has 5 rings (SSSR count). The van der Waals surface area contributed by atoms with Gasteiger partial charge in [-0.05, 0) is 49.4 Å². The largest absolute Gasteiger partial charge is 0.366 e. The number of aryl methyl sites for hydroxylation is 1. The quantitative estimate of drug-likeness (QED) is 0.649. The summed E-state index contributed by atoms with van der Waals surface area (Å²) in [5.41, 5.74) is 1.69. The Balaban J connectivity index is 1.36. The monoisotopic (exact) mass is 488 g/mol. The third-order valence-corrected chi connectivity index (χ3v) is 8.20. The molecule has 0 bridgehead atoms. The first-order valence-electron chi connectivity index (χ1n) is 11.2. The van der Waals surface area contributed by atoms with Crippen LogP contribution in [0.15, 0.2) is 24.4 Å². The summed E-state index contributed by atoms with van der Waals surface area (Å²) in [6, 6.07) is 4.14. The topological polar surface area (TPSA) is 101 Å². The van der Waals surface area contributed by atoms with E-state index in [0.717, 1.165) is 36.1 Å². The van der Waals surface area contributed by atoms with Crippen LogP contribution in [0.1, 0.15) is 40.9 Å². The standard InChI is InChI=1S/C23H25ClN4O4S/c1-12-8-15(27-25-9-12)17-6-7-18(33-17)22(30)26-19(13-4-2-3-5-13)23(31)28-10-14(24)21-20(28)16(29)11-32-21/h6-9,13-14,19-21H,2-5,10-11H2,1H3,(H,26,30)/t14-,19-,20+,21+/m0/s1. The van der Waals surface area contributed by atoms with Gasteiger partial charge in [-0.15, -0.1) is 28.0 Å². The lowest BCUT2D eigenvalue weighted by atomic mass is 9.96. The molecule has 4 atom stereocenters. The molecular weight excluding hydrogens is 464 g/mol. The van der Waals surface area contributed by atoms with E-state index in [1.54, 1.807) is 12.3 Å². The van der Waals surface area contributed by atoms with Crippen LogP contribution in [0, 0.1) is 12.8 Å². The van der Waals surface area contributed by atoms with Crippen LogP contribution in [-0.4, -0.2) is 69.4 Å². The highest BCUT2D eigenvalue weighted by Gasteiger charge is 2.53. The van der Waals surface area contributed by atoms with E-state index in [9.17, 15) is 14.4 Å². The van der Waals surface area contributed by atoms with Crippen molar-refractivity contribution in [1.29, 1.82) is 0 Å². The second-order valence-electron chi connectivity index (χ2n) is 8.97. The maximum absolute atomic E-state index is 13.6. The summed E-state index contributed by atoms with van der Waals surface area (Å²) in [5, 5.41) is 10.7. The van der Waals surface area contributed by atoms with Crippen LogP contribution in [0.25, 0.3) is 10.6 Å². The highest BCUT2D eigenvalue weighted by atomic mass is 35.5. The summed E-state index contributed by atoms with van der Waals surface area (Å²) in [4.78, 5) is 42.1. The van der Waals surface area contributed by atoms with Crippen molar-refractivity contribution in [1.82, 2.24) is 20.4 Å². The van der Waals surface area contributed by atoms with Crippen LogP contribution < -0.4 is 5.32 Å². The molecule has 3 fully saturated rings. The van der Waals surface area contributed by atoms with E-state index in [4.69, 9.17) is 16.3 Å². The van der Waals surface area contributed by atoms with Crippen molar-refractivity contribution in [3.8, 4) is 10.6 Å². The van der Waals surface area contributed by atoms with Crippen molar-refractivity contribution in [3.63, 3.8) is 0 Å². The van der Waals surface area contributed by atoms with Crippen molar-refractivity contribution < 1.29 is 19.1 Å². The fraction of sp³-hybridized carbons (Fsp3) is 0.522. The fourth-order valence-electron chi connectivity index (χ4n) is 5.07. The number of carbonyl (C=O) groups excluding carboxylic acids is 3. The molecule has 3 aliphatic rings. The molecule has 2 aliphatic heterocycles. The Hall–Kier alpha value is -2.36. The number of thiophene rings is 1. The molecule has 1 N–H and O–H groups in total. The van der Waals surface area contributed by atoms with Gasteiger partial charge in [-0.25, -0.2) is 0 Å². The molecule has 0 spiro atoms. The van der Waals surface area contributed by atoms with Gasteiger partial charge in [0.25, 0.3) is 5.91 Å². The Morgan fingerprint density at radius 1 is 1.30 bits per heavy atom. The van der Waals surface area contributed by atoms with Crippen molar-refractivity contribution >= 4 is 40.5 Å². The van der Waals surface area contributed by atoms with E-state index in [1.165, 1.54) is 16.2 Å². The van der Waals surface area contributed by atoms with Gasteiger partial charge in [0.1, 0.15) is 30.5 Å². The molecule has 2 amide bonds. The molecule has 0 unspecified atom stereocenters. The van der Waals surface area contributed by atoms with Crippen molar-refractivity contribution in [2.75, 3.05) is 13.2 Å². The predicted octanol–water partition coefficient (Wildman–Crippen LogP) is 2.59. The Bertz CT molecular complexity index is 1090. The minimum absolute atomic E-state index is 0.0252. The Morgan fingerprint density at radius 2 is 2.09 bits per heavy atom. The summed E-state index contributed by atoms with van der Waals surface area (Å²) in [5.74, 6) is -0.637. The minimum Gasteiger partial charge on any atom is -0.366 e. The lowest BCUT2D eigenvalue weighted by Crippen LogP contribution is -2.54. The smallest absolute Gasteiger partial charge is 0.262 e. The number of amides is 2. The molecule has 2 saturated heterocycles. The van der Waals surface area contributed by atoms with Gasteiger partial charge in [-0.2, -0.15) is 5.10 Å². The maximum atomic E-state index is 13.6. The van der Waals surface area contributed by atoms with Crippen molar-refractivity contribution in [2.45, 2.75) is 56.2 Å². The normalized spacial score (nSPS) is 25.9. The molecule has 33 heavy (non-hydrogen) atoms. The summed E-state index contributed by atoms with van der Waals surface area (Å²) in [6.45, 7) is 2.16. The maximum Gasteiger partial charge on any atom is 0.262 e. The number of likely N-dealkylation sites (tertiary alicyclic amines) is 1. The molecule has 8 nitrogen and oxygen atoms in total. The van der Waals surface area contributed by atoms with Crippen molar-refractivity contribution in [3.05, 3.63) is 34.8 Å². The zero-order valence-corrected chi connectivity index (χ0v) is 19.8. The first kappa shape index (κ1) is 22.4. The molecule has 4 heterocycles. The van der Waals surface area contributed by atoms with Crippen LogP contribution in [-0.2, 0) is 14.3 Å². The predicted molar refractivity (Wildman–Crippen MR) is 123 cm³/mol. The van der Waals surface area contributed by atoms with Gasteiger partial charge in [0, 0.05) is 6.54 Å². The first-order chi connectivity index (χ1) is 15.9. The second-order valence-corrected chi connectivity index (χ2v) is 10.6. The average Bonchev–Trinajstić information content (AvgIpc) is 3.59. The summed E-state index contributed by atoms with van der Waals surface area (Å²) < 4.78 is 5.52. The van der Waals surface area contributed by atoms with Crippen LogP contribution >= 0.6 is 22.9 Å². The number of halogens is 1. The number of ether oxygens (including phenoxy) is 1. The Labute approximate surface area is 200 Å². The lowest BCUT2D eigenvalue weighted by Gasteiger charge is -2.30. The summed E-state index contributed by atoms with van der Waals surface area (Å²) in [6.07, 6.45) is 4.97. The minimum atomic E-state index is -0.694. The number of aromatic nitrogens is 2. The Kier molecular flexibility index (Phi) is 6.20. The van der Waals surface area contributed by atoms with Crippen molar-refractivity contribution in [2.24, 2.45) is 5.92 Å². The third kappa shape index (κ3) is 4.29. The van der Waals surface area contributed by atoms with E-state index >= 15 is 0 Å². The lowest BCUT2D eigenvalue weighted by molar-refractivity contribution is -0.139. The number of fused-ring (bicyclic) bond motifs is 1. The van der Waals surface area contributed by atoms with Gasteiger partial charge in [-0.3, -0.25) is 14.4 Å². The van der Waals surface area contributed by atoms with E-state index < -0.39 is 23.6 Å². The molecular formula is C23H25ClN4O4S. The fourth-order valence-corrected chi connectivity index (χ4v) is 6.29. The molecule has 0 aromatic carbocycles. The number of hydrogen-bond acceptors (Lipinski definition) is 7. The SMILES string of the molecule is Cc1cnnc(-c2ccc(C(=O)N[C@H](C(=O)N3C[C@H](Cl)[C@H]4OCC(=O)[C@H]43)C3CCCC3)s2)c1. The number of nitrogens with one attached hydrogen (secondary N) is 1. The molecule has 1 saturated carbocycles. The Morgan fingerprint density at radius 3 is 2.85 bits per heavy atom. The number of carbonyl (C=O) groups is 3. The molecule has 174 valence electrons. The summed E-state index contributed by atoms with van der Waals surface area (Å²) >= 11 is 7.70. The van der Waals surface area contributed by atoms with E-state index in [1.807, 2.05) is 19.1 Å². The molecule has 2 aromatic heterocycles. The van der Waals surface area contributed by atoms with E-state index in [2.05, 4.69) is 15.5 Å². The van der Waals surface area contributed by atoms with Crippen LogP contribution in [0.5, 0.6) is 0 Å². The molecule has 1 aliphatic carbocycles. The number of nitrogens with zero attached hydrogens (tertiary/aromatic N) is 3. The van der Waals surface area contributed by atoms with E-state index in [0.29, 0.717) is 10.6 Å².